The minimum Gasteiger partial charge on any atom is -0.311 e. The second-order valence-corrected chi connectivity index (χ2v) is 4.69. The molecule has 1 saturated carbocycles. The molecule has 72 valence electrons. The first-order valence-corrected chi connectivity index (χ1v) is 5.41. The zero-order chi connectivity index (χ0) is 9.03. The molecule has 0 aromatic rings. The van der Waals surface area contributed by atoms with Gasteiger partial charge in [-0.05, 0) is 45.1 Å². The van der Waals surface area contributed by atoms with E-state index in [2.05, 4.69) is 26.1 Å². The molecule has 0 amide bonds. The molecule has 0 bridgehead atoms. The average Bonchev–Trinajstić information content (AvgIpc) is 1.98. The van der Waals surface area contributed by atoms with E-state index >= 15 is 0 Å². The van der Waals surface area contributed by atoms with Gasteiger partial charge in [0.25, 0.3) is 0 Å². The van der Waals surface area contributed by atoms with Crippen LogP contribution in [-0.2, 0) is 0 Å². The number of rotatable bonds is 5. The van der Waals surface area contributed by atoms with Crippen LogP contribution < -0.4 is 5.32 Å². The molecule has 12 heavy (non-hydrogen) atoms. The lowest BCUT2D eigenvalue weighted by Crippen LogP contribution is -2.49. The average molecular weight is 169 g/mol. The standard InChI is InChI=1S/C11H23N/c1-4-6-10(2)9-12-11(3)7-5-8-11/h10,12H,4-9H2,1-3H3. The maximum atomic E-state index is 3.68. The van der Waals surface area contributed by atoms with E-state index in [1.807, 2.05) is 0 Å². The Labute approximate surface area is 76.9 Å². The molecule has 0 radical (unpaired) electrons. The predicted molar refractivity (Wildman–Crippen MR) is 54.3 cm³/mol. The molecule has 0 aliphatic heterocycles. The summed E-state index contributed by atoms with van der Waals surface area (Å²) in [4.78, 5) is 0. The zero-order valence-corrected chi connectivity index (χ0v) is 8.82. The van der Waals surface area contributed by atoms with Crippen LogP contribution in [0.2, 0.25) is 0 Å². The summed E-state index contributed by atoms with van der Waals surface area (Å²) in [6.07, 6.45) is 6.87. The van der Waals surface area contributed by atoms with Crippen molar-refractivity contribution in [3.63, 3.8) is 0 Å². The normalized spacial score (nSPS) is 23.2. The van der Waals surface area contributed by atoms with E-state index in [9.17, 15) is 0 Å². The highest BCUT2D eigenvalue weighted by Crippen LogP contribution is 2.30. The molecule has 0 spiro atoms. The van der Waals surface area contributed by atoms with E-state index in [1.165, 1.54) is 38.6 Å². The van der Waals surface area contributed by atoms with Gasteiger partial charge in [0, 0.05) is 5.54 Å². The van der Waals surface area contributed by atoms with Gasteiger partial charge in [-0.25, -0.2) is 0 Å². The van der Waals surface area contributed by atoms with Gasteiger partial charge in [0.05, 0.1) is 0 Å². The Bertz CT molecular complexity index is 127. The first-order chi connectivity index (χ1) is 5.66. The first-order valence-electron chi connectivity index (χ1n) is 5.41. The molecule has 1 aliphatic carbocycles. The summed E-state index contributed by atoms with van der Waals surface area (Å²) in [6.45, 7) is 8.18. The van der Waals surface area contributed by atoms with Gasteiger partial charge < -0.3 is 5.32 Å². The lowest BCUT2D eigenvalue weighted by atomic mass is 9.78. The lowest BCUT2D eigenvalue weighted by molar-refractivity contribution is 0.198. The van der Waals surface area contributed by atoms with Crippen molar-refractivity contribution in [2.45, 2.75) is 58.4 Å². The van der Waals surface area contributed by atoms with Crippen molar-refractivity contribution in [2.24, 2.45) is 5.92 Å². The van der Waals surface area contributed by atoms with Crippen molar-refractivity contribution in [2.75, 3.05) is 6.54 Å². The van der Waals surface area contributed by atoms with Crippen LogP contribution in [0.3, 0.4) is 0 Å². The van der Waals surface area contributed by atoms with Crippen LogP contribution in [0.25, 0.3) is 0 Å². The number of hydrogen-bond donors (Lipinski definition) is 1. The van der Waals surface area contributed by atoms with Crippen LogP contribution in [0.4, 0.5) is 0 Å². The third-order valence-corrected chi connectivity index (χ3v) is 3.12. The summed E-state index contributed by atoms with van der Waals surface area (Å²) >= 11 is 0. The van der Waals surface area contributed by atoms with E-state index in [0.29, 0.717) is 5.54 Å². The summed E-state index contributed by atoms with van der Waals surface area (Å²) < 4.78 is 0. The third-order valence-electron chi connectivity index (χ3n) is 3.12. The van der Waals surface area contributed by atoms with Gasteiger partial charge in [0.15, 0.2) is 0 Å². The van der Waals surface area contributed by atoms with Gasteiger partial charge in [0.1, 0.15) is 0 Å². The lowest BCUT2D eigenvalue weighted by Gasteiger charge is -2.40. The van der Waals surface area contributed by atoms with Gasteiger partial charge in [0.2, 0.25) is 0 Å². The van der Waals surface area contributed by atoms with Gasteiger partial charge in [-0.1, -0.05) is 20.3 Å². The molecule has 1 atom stereocenters. The highest BCUT2D eigenvalue weighted by atomic mass is 15.0. The Hall–Kier alpha value is -0.0400. The maximum absolute atomic E-state index is 3.68. The second kappa shape index (κ2) is 4.27. The van der Waals surface area contributed by atoms with Gasteiger partial charge in [-0.2, -0.15) is 0 Å². The Morgan fingerprint density at radius 1 is 1.42 bits per heavy atom. The number of hydrogen-bond acceptors (Lipinski definition) is 1. The molecule has 0 aromatic heterocycles. The first kappa shape index (κ1) is 10.0. The summed E-state index contributed by atoms with van der Waals surface area (Å²) in [5.74, 6) is 0.854. The molecular weight excluding hydrogens is 146 g/mol. The minimum atomic E-state index is 0.502. The molecule has 1 fully saturated rings. The topological polar surface area (TPSA) is 12.0 Å². The largest absolute Gasteiger partial charge is 0.311 e. The highest BCUT2D eigenvalue weighted by molar-refractivity contribution is 4.91. The third kappa shape index (κ3) is 2.78. The van der Waals surface area contributed by atoms with Crippen LogP contribution in [-0.4, -0.2) is 12.1 Å². The van der Waals surface area contributed by atoms with Gasteiger partial charge in [-0.15, -0.1) is 0 Å². The van der Waals surface area contributed by atoms with Crippen molar-refractivity contribution >= 4 is 0 Å². The Morgan fingerprint density at radius 3 is 2.50 bits per heavy atom. The molecule has 1 unspecified atom stereocenters. The SMILES string of the molecule is CCCC(C)CNC1(C)CCC1. The maximum Gasteiger partial charge on any atom is 0.0153 e. The van der Waals surface area contributed by atoms with E-state index in [4.69, 9.17) is 0 Å². The van der Waals surface area contributed by atoms with Crippen LogP contribution >= 0.6 is 0 Å². The monoisotopic (exact) mass is 169 g/mol. The van der Waals surface area contributed by atoms with Crippen LogP contribution in [0, 0.1) is 5.92 Å². The smallest absolute Gasteiger partial charge is 0.0153 e. The summed E-state index contributed by atoms with van der Waals surface area (Å²) in [7, 11) is 0. The molecule has 0 heterocycles. The Balaban J connectivity index is 2.07. The van der Waals surface area contributed by atoms with Gasteiger partial charge >= 0.3 is 0 Å². The quantitative estimate of drug-likeness (QED) is 0.667. The summed E-state index contributed by atoms with van der Waals surface area (Å²) in [6, 6.07) is 0. The van der Waals surface area contributed by atoms with Crippen LogP contribution in [0.1, 0.15) is 52.9 Å². The molecule has 0 saturated heterocycles. The fraction of sp³-hybridized carbons (Fsp3) is 1.00. The predicted octanol–water partition coefficient (Wildman–Crippen LogP) is 2.95. The van der Waals surface area contributed by atoms with E-state index < -0.39 is 0 Å². The molecule has 0 aromatic carbocycles. The van der Waals surface area contributed by atoms with Crippen molar-refractivity contribution in [3.8, 4) is 0 Å². The van der Waals surface area contributed by atoms with E-state index in [-0.39, 0.29) is 0 Å². The summed E-state index contributed by atoms with van der Waals surface area (Å²) in [5.41, 5.74) is 0.502. The molecule has 1 nitrogen and oxygen atoms in total. The van der Waals surface area contributed by atoms with Crippen LogP contribution in [0.5, 0.6) is 0 Å². The van der Waals surface area contributed by atoms with Crippen molar-refractivity contribution in [1.29, 1.82) is 0 Å². The van der Waals surface area contributed by atoms with Crippen molar-refractivity contribution in [3.05, 3.63) is 0 Å². The van der Waals surface area contributed by atoms with Crippen molar-refractivity contribution < 1.29 is 0 Å². The summed E-state index contributed by atoms with van der Waals surface area (Å²) in [5, 5.41) is 3.68. The zero-order valence-electron chi connectivity index (χ0n) is 8.82. The highest BCUT2D eigenvalue weighted by Gasteiger charge is 2.30. The second-order valence-electron chi connectivity index (χ2n) is 4.69. The molecule has 1 rings (SSSR count). The molecular formula is C11H23N. The Kier molecular flexibility index (Phi) is 3.57. The minimum absolute atomic E-state index is 0.502. The van der Waals surface area contributed by atoms with Crippen LogP contribution in [0.15, 0.2) is 0 Å². The molecule has 1 aliphatic rings. The molecule has 1 heteroatoms. The fourth-order valence-corrected chi connectivity index (χ4v) is 1.90. The van der Waals surface area contributed by atoms with Gasteiger partial charge in [-0.3, -0.25) is 0 Å². The Morgan fingerprint density at radius 2 is 2.08 bits per heavy atom. The van der Waals surface area contributed by atoms with E-state index in [1.54, 1.807) is 0 Å². The van der Waals surface area contributed by atoms with E-state index in [0.717, 1.165) is 5.92 Å². The number of nitrogens with one attached hydrogen (secondary N) is 1. The van der Waals surface area contributed by atoms with Crippen molar-refractivity contribution in [1.82, 2.24) is 5.32 Å². The fourth-order valence-electron chi connectivity index (χ4n) is 1.90. The molecule has 1 N–H and O–H groups in total.